The predicted octanol–water partition coefficient (Wildman–Crippen LogP) is 3.68. The molecule has 6 nitrogen and oxygen atoms in total. The molecule has 0 bridgehead atoms. The summed E-state index contributed by atoms with van der Waals surface area (Å²) in [5, 5.41) is 14.0. The van der Waals surface area contributed by atoms with Gasteiger partial charge in [-0.05, 0) is 31.0 Å². The fourth-order valence-electron chi connectivity index (χ4n) is 3.36. The molecule has 4 N–H and O–H groups in total. The van der Waals surface area contributed by atoms with Crippen molar-refractivity contribution in [3.8, 4) is 0 Å². The summed E-state index contributed by atoms with van der Waals surface area (Å²) in [6.45, 7) is 7.39. The van der Waals surface area contributed by atoms with Gasteiger partial charge in [0.15, 0.2) is 6.23 Å². The highest BCUT2D eigenvalue weighted by molar-refractivity contribution is 6.07. The smallest absolute Gasteiger partial charge is 0.153 e. The van der Waals surface area contributed by atoms with Crippen LogP contribution in [0.4, 0.5) is 10.1 Å². The number of hydrogen-bond acceptors (Lipinski definition) is 5. The first-order valence-corrected chi connectivity index (χ1v) is 9.71. The van der Waals surface area contributed by atoms with E-state index in [4.69, 9.17) is 10.5 Å². The number of halogens is 1. The Kier molecular flexibility index (Phi) is 8.42. The number of benzene rings is 1. The fourth-order valence-corrected chi connectivity index (χ4v) is 3.36. The van der Waals surface area contributed by atoms with Gasteiger partial charge in [-0.2, -0.15) is 0 Å². The highest BCUT2D eigenvalue weighted by atomic mass is 19.1. The molecule has 2 unspecified atom stereocenters. The summed E-state index contributed by atoms with van der Waals surface area (Å²) in [5.74, 6) is 0.502. The molecule has 1 aromatic carbocycles. The van der Waals surface area contributed by atoms with Crippen LogP contribution in [0.15, 0.2) is 65.1 Å². The van der Waals surface area contributed by atoms with E-state index < -0.39 is 12.9 Å². The number of nitrogens with one attached hydrogen (secondary N) is 1. The molecule has 0 fully saturated rings. The summed E-state index contributed by atoms with van der Waals surface area (Å²) < 4.78 is 18.8. The molecule has 1 aromatic rings. The van der Waals surface area contributed by atoms with Crippen molar-refractivity contribution in [2.24, 2.45) is 10.7 Å². The Morgan fingerprint density at radius 3 is 2.62 bits per heavy atom. The van der Waals surface area contributed by atoms with Crippen LogP contribution in [0.1, 0.15) is 32.3 Å². The molecule has 0 radical (unpaired) electrons. The average molecular weight is 403 g/mol. The number of nitrogens with zero attached hydrogens (tertiary/aromatic N) is 2. The van der Waals surface area contributed by atoms with Crippen molar-refractivity contribution in [1.29, 1.82) is 0 Å². The van der Waals surface area contributed by atoms with Crippen LogP contribution in [-0.2, 0) is 11.3 Å². The zero-order valence-corrected chi connectivity index (χ0v) is 17.4. The topological polar surface area (TPSA) is 83.1 Å². The lowest BCUT2D eigenvalue weighted by Crippen LogP contribution is -2.36. The first-order chi connectivity index (χ1) is 14.0. The maximum atomic E-state index is 13.7. The number of allylic oxidation sites excluding steroid dienone is 1. The van der Waals surface area contributed by atoms with Crippen LogP contribution in [0.2, 0.25) is 0 Å². The Morgan fingerprint density at radius 2 is 2.10 bits per heavy atom. The molecule has 7 heteroatoms. The largest absolute Gasteiger partial charge is 0.402 e. The molecular weight excluding hydrogens is 371 g/mol. The Hall–Kier alpha value is -2.64. The third-order valence-corrected chi connectivity index (χ3v) is 4.70. The van der Waals surface area contributed by atoms with Crippen LogP contribution < -0.4 is 11.1 Å². The molecule has 2 atom stereocenters. The second-order valence-electron chi connectivity index (χ2n) is 6.96. The van der Waals surface area contributed by atoms with Crippen LogP contribution in [-0.4, -0.2) is 41.9 Å². The lowest BCUT2D eigenvalue weighted by molar-refractivity contribution is 0.185. The fraction of sp³-hybridized carbons (Fsp3) is 0.409. The van der Waals surface area contributed by atoms with E-state index in [1.54, 1.807) is 25.1 Å². The van der Waals surface area contributed by atoms with Crippen LogP contribution in [0.5, 0.6) is 0 Å². The summed E-state index contributed by atoms with van der Waals surface area (Å²) in [6, 6.07) is 7.19. The molecule has 0 saturated carbocycles. The molecule has 158 valence electrons. The second kappa shape index (κ2) is 10.8. The van der Waals surface area contributed by atoms with Crippen LogP contribution in [0.25, 0.3) is 0 Å². The minimum atomic E-state index is -1.04. The van der Waals surface area contributed by atoms with E-state index in [1.807, 2.05) is 31.2 Å². The molecule has 2 rings (SSSR count). The number of hydrogen-bond donors (Lipinski definition) is 3. The standard InChI is InChI=1S/C22H31FN4O2/c1-5-7-18(12-23)27-13-19(20(15(3)24)21(27)25-6-2)22(28)26-17-10-8-16(9-11-17)14-29-4/h6,8-11,13,18,22,26,28H,2,5,7,12,14,24H2,1,3-4H3/b20-15+,25-21+. The van der Waals surface area contributed by atoms with Gasteiger partial charge in [-0.15, -0.1) is 0 Å². The van der Waals surface area contributed by atoms with Crippen LogP contribution in [0, 0.1) is 0 Å². The Bertz CT molecular complexity index is 783. The summed E-state index contributed by atoms with van der Waals surface area (Å²) >= 11 is 0. The van der Waals surface area contributed by atoms with Gasteiger partial charge in [0.2, 0.25) is 0 Å². The zero-order valence-electron chi connectivity index (χ0n) is 17.4. The Labute approximate surface area is 172 Å². The maximum Gasteiger partial charge on any atom is 0.153 e. The molecular formula is C22H31FN4O2. The normalized spacial score (nSPS) is 19.1. The number of aliphatic hydroxyl groups excluding tert-OH is 1. The van der Waals surface area contributed by atoms with Gasteiger partial charge in [0, 0.05) is 42.0 Å². The summed E-state index contributed by atoms with van der Waals surface area (Å²) in [7, 11) is 1.64. The van der Waals surface area contributed by atoms with E-state index in [0.29, 0.717) is 35.7 Å². The number of nitrogens with two attached hydrogens (primary N) is 1. The first kappa shape index (κ1) is 22.6. The molecule has 1 aliphatic heterocycles. The van der Waals surface area contributed by atoms with Crippen molar-refractivity contribution in [2.75, 3.05) is 19.1 Å². The van der Waals surface area contributed by atoms with Crippen molar-refractivity contribution in [3.63, 3.8) is 0 Å². The van der Waals surface area contributed by atoms with Gasteiger partial charge >= 0.3 is 0 Å². The molecule has 29 heavy (non-hydrogen) atoms. The van der Waals surface area contributed by atoms with Gasteiger partial charge in [-0.1, -0.05) is 32.1 Å². The monoisotopic (exact) mass is 402 g/mol. The molecule has 1 aliphatic rings. The number of amidine groups is 1. The zero-order chi connectivity index (χ0) is 21.4. The summed E-state index contributed by atoms with van der Waals surface area (Å²) in [4.78, 5) is 6.08. The minimum Gasteiger partial charge on any atom is -0.402 e. The highest BCUT2D eigenvalue weighted by Gasteiger charge is 2.34. The van der Waals surface area contributed by atoms with Gasteiger partial charge in [-0.3, -0.25) is 0 Å². The number of alkyl halides is 1. The molecule has 0 saturated heterocycles. The Morgan fingerprint density at radius 1 is 1.41 bits per heavy atom. The van der Waals surface area contributed by atoms with E-state index in [9.17, 15) is 9.50 Å². The predicted molar refractivity (Wildman–Crippen MR) is 116 cm³/mol. The molecule has 0 spiro atoms. The molecule has 0 aliphatic carbocycles. The van der Waals surface area contributed by atoms with Gasteiger partial charge in [0.05, 0.1) is 12.6 Å². The van der Waals surface area contributed by atoms with Gasteiger partial charge in [0.1, 0.15) is 12.5 Å². The SMILES string of the molecule is C=C/N=C1\C(=C(/C)N)C(C(O)Nc2ccc(COC)cc2)=CN1C(CF)CCC. The maximum absolute atomic E-state index is 13.7. The molecule has 0 aromatic heterocycles. The third-order valence-electron chi connectivity index (χ3n) is 4.70. The van der Waals surface area contributed by atoms with Crippen molar-refractivity contribution in [3.05, 3.63) is 65.7 Å². The van der Waals surface area contributed by atoms with Crippen LogP contribution in [0.3, 0.4) is 0 Å². The third kappa shape index (κ3) is 5.46. The van der Waals surface area contributed by atoms with E-state index in [0.717, 1.165) is 17.7 Å². The lowest BCUT2D eigenvalue weighted by Gasteiger charge is -2.26. The summed E-state index contributed by atoms with van der Waals surface area (Å²) in [6.07, 6.45) is 3.56. The van der Waals surface area contributed by atoms with Gasteiger partial charge in [0.25, 0.3) is 0 Å². The van der Waals surface area contributed by atoms with Crippen LogP contribution >= 0.6 is 0 Å². The van der Waals surface area contributed by atoms with E-state index in [-0.39, 0.29) is 6.04 Å². The second-order valence-corrected chi connectivity index (χ2v) is 6.96. The van der Waals surface area contributed by atoms with Crippen molar-refractivity contribution in [2.45, 2.75) is 45.6 Å². The van der Waals surface area contributed by atoms with E-state index in [2.05, 4.69) is 16.9 Å². The quantitative estimate of drug-likeness (QED) is 0.520. The number of methoxy groups -OCH3 is 1. The number of ether oxygens (including phenoxy) is 1. The number of aliphatic imine (C=N–C) groups is 1. The van der Waals surface area contributed by atoms with Crippen molar-refractivity contribution < 1.29 is 14.2 Å². The van der Waals surface area contributed by atoms with Gasteiger partial charge < -0.3 is 25.8 Å². The number of anilines is 1. The van der Waals surface area contributed by atoms with Crippen molar-refractivity contribution >= 4 is 11.5 Å². The highest BCUT2D eigenvalue weighted by Crippen LogP contribution is 2.31. The Balaban J connectivity index is 2.34. The number of rotatable bonds is 10. The van der Waals surface area contributed by atoms with Gasteiger partial charge in [-0.25, -0.2) is 9.38 Å². The lowest BCUT2D eigenvalue weighted by atomic mass is 10.0. The molecule has 0 amide bonds. The summed E-state index contributed by atoms with van der Waals surface area (Å²) in [5.41, 5.74) is 9.52. The van der Waals surface area contributed by atoms with E-state index in [1.165, 1.54) is 6.20 Å². The number of aliphatic hydroxyl groups is 1. The first-order valence-electron chi connectivity index (χ1n) is 9.71. The molecule has 1 heterocycles. The minimum absolute atomic E-state index is 0.383. The van der Waals surface area contributed by atoms with E-state index >= 15 is 0 Å². The average Bonchev–Trinajstić information content (AvgIpc) is 3.07. The van der Waals surface area contributed by atoms with Crippen molar-refractivity contribution in [1.82, 2.24) is 4.90 Å².